The number of nitrogens with one attached hydrogen (secondary N) is 1. The van der Waals surface area contributed by atoms with Crippen molar-refractivity contribution in [3.05, 3.63) is 42.5 Å². The van der Waals surface area contributed by atoms with E-state index in [1.165, 1.54) is 6.26 Å². The maximum atomic E-state index is 11.8. The summed E-state index contributed by atoms with van der Waals surface area (Å²) >= 11 is 0. The Morgan fingerprint density at radius 1 is 1.24 bits per heavy atom. The van der Waals surface area contributed by atoms with Gasteiger partial charge in [0.2, 0.25) is 0 Å². The molecule has 0 aromatic carbocycles. The Morgan fingerprint density at radius 2 is 2.00 bits per heavy atom. The van der Waals surface area contributed by atoms with Crippen molar-refractivity contribution in [3.63, 3.8) is 0 Å². The third-order valence-electron chi connectivity index (χ3n) is 3.09. The predicted octanol–water partition coefficient (Wildman–Crippen LogP) is 3.55. The van der Waals surface area contributed by atoms with E-state index >= 15 is 0 Å². The molecular formula is C16H21N3O2. The molecule has 0 saturated heterocycles. The fourth-order valence-corrected chi connectivity index (χ4v) is 2.14. The van der Waals surface area contributed by atoms with E-state index in [2.05, 4.69) is 29.0 Å². The van der Waals surface area contributed by atoms with Gasteiger partial charge in [0.15, 0.2) is 5.76 Å². The zero-order chi connectivity index (χ0) is 15.1. The van der Waals surface area contributed by atoms with E-state index < -0.39 is 0 Å². The van der Waals surface area contributed by atoms with E-state index in [4.69, 9.17) is 4.42 Å². The molecule has 2 aromatic rings. The van der Waals surface area contributed by atoms with Crippen LogP contribution in [-0.2, 0) is 0 Å². The summed E-state index contributed by atoms with van der Waals surface area (Å²) in [6.45, 7) is 6.34. The maximum absolute atomic E-state index is 11.8. The molecule has 5 heteroatoms. The van der Waals surface area contributed by atoms with Gasteiger partial charge < -0.3 is 14.6 Å². The number of pyridine rings is 1. The number of furan rings is 1. The van der Waals surface area contributed by atoms with Gasteiger partial charge >= 0.3 is 0 Å². The van der Waals surface area contributed by atoms with Crippen LogP contribution in [0.3, 0.4) is 0 Å². The molecule has 5 nitrogen and oxygen atoms in total. The fraction of sp³-hybridized carbons (Fsp3) is 0.375. The van der Waals surface area contributed by atoms with Gasteiger partial charge in [0.05, 0.1) is 18.1 Å². The number of hydrogen-bond donors (Lipinski definition) is 1. The lowest BCUT2D eigenvalue weighted by molar-refractivity contribution is 0.0996. The van der Waals surface area contributed by atoms with Crippen LogP contribution in [0.15, 0.2) is 41.1 Å². The number of carbonyl (C=O) groups excluding carboxylic acids is 1. The summed E-state index contributed by atoms with van der Waals surface area (Å²) in [4.78, 5) is 18.4. The molecule has 0 bridgehead atoms. The highest BCUT2D eigenvalue weighted by Gasteiger charge is 2.10. The summed E-state index contributed by atoms with van der Waals surface area (Å²) in [5, 5.41) is 2.71. The molecule has 0 fully saturated rings. The summed E-state index contributed by atoms with van der Waals surface area (Å²) in [6.07, 6.45) is 5.45. The Bertz CT molecular complexity index is 543. The number of rotatable bonds is 7. The highest BCUT2D eigenvalue weighted by Crippen LogP contribution is 2.16. The van der Waals surface area contributed by atoms with Gasteiger partial charge in [-0.25, -0.2) is 4.98 Å². The largest absolute Gasteiger partial charge is 0.459 e. The highest BCUT2D eigenvalue weighted by molar-refractivity contribution is 6.01. The highest BCUT2D eigenvalue weighted by atomic mass is 16.3. The van der Waals surface area contributed by atoms with Gasteiger partial charge in [0.1, 0.15) is 5.82 Å². The third kappa shape index (κ3) is 4.08. The fourth-order valence-electron chi connectivity index (χ4n) is 2.14. The molecule has 2 aromatic heterocycles. The van der Waals surface area contributed by atoms with Crippen molar-refractivity contribution >= 4 is 17.4 Å². The van der Waals surface area contributed by atoms with Crippen molar-refractivity contribution in [3.8, 4) is 0 Å². The molecule has 21 heavy (non-hydrogen) atoms. The molecule has 2 heterocycles. The molecule has 0 aliphatic carbocycles. The zero-order valence-corrected chi connectivity index (χ0v) is 12.5. The quantitative estimate of drug-likeness (QED) is 0.846. The Kier molecular flexibility index (Phi) is 5.37. The maximum Gasteiger partial charge on any atom is 0.292 e. The second-order valence-electron chi connectivity index (χ2n) is 4.82. The second kappa shape index (κ2) is 7.47. The molecule has 0 unspecified atom stereocenters. The molecule has 0 aliphatic heterocycles. The summed E-state index contributed by atoms with van der Waals surface area (Å²) in [5.74, 6) is 0.506. The first-order chi connectivity index (χ1) is 10.2. The molecule has 0 radical (unpaired) electrons. The van der Waals surface area contributed by atoms with Gasteiger partial charge in [0, 0.05) is 13.1 Å². The lowest BCUT2D eigenvalue weighted by atomic mass is 10.3. The first kappa shape index (κ1) is 15.1. The zero-order valence-electron chi connectivity index (χ0n) is 12.5. The van der Waals surface area contributed by atoms with Crippen molar-refractivity contribution in [1.82, 2.24) is 4.98 Å². The lowest BCUT2D eigenvalue weighted by Gasteiger charge is -2.23. The first-order valence-corrected chi connectivity index (χ1v) is 7.30. The van der Waals surface area contributed by atoms with E-state index in [-0.39, 0.29) is 11.7 Å². The van der Waals surface area contributed by atoms with Crippen molar-refractivity contribution in [1.29, 1.82) is 0 Å². The number of nitrogens with zero attached hydrogens (tertiary/aromatic N) is 2. The van der Waals surface area contributed by atoms with E-state index in [0.717, 1.165) is 31.6 Å². The predicted molar refractivity (Wildman–Crippen MR) is 83.7 cm³/mol. The van der Waals surface area contributed by atoms with E-state index in [9.17, 15) is 4.79 Å². The van der Waals surface area contributed by atoms with Crippen LogP contribution in [0.2, 0.25) is 0 Å². The number of carbonyl (C=O) groups is 1. The second-order valence-corrected chi connectivity index (χ2v) is 4.82. The monoisotopic (exact) mass is 287 g/mol. The smallest absolute Gasteiger partial charge is 0.292 e. The molecule has 112 valence electrons. The summed E-state index contributed by atoms with van der Waals surface area (Å²) in [5.41, 5.74) is 1.08. The average molecular weight is 287 g/mol. The SMILES string of the molecule is CCCN(CCC)c1ccc(NC(=O)c2ccco2)nc1. The number of anilines is 2. The minimum absolute atomic E-state index is 0.277. The number of amides is 1. The topological polar surface area (TPSA) is 58.4 Å². The standard InChI is InChI=1S/C16H21N3O2/c1-3-9-19(10-4-2)13-7-8-15(17-12-13)18-16(20)14-6-5-11-21-14/h5-8,11-12H,3-4,9-10H2,1-2H3,(H,17,18,20). The Balaban J connectivity index is 2.02. The van der Waals surface area contributed by atoms with Crippen LogP contribution in [0.5, 0.6) is 0 Å². The van der Waals surface area contributed by atoms with Crippen molar-refractivity contribution in [2.45, 2.75) is 26.7 Å². The van der Waals surface area contributed by atoms with Gasteiger partial charge in [-0.2, -0.15) is 0 Å². The summed E-state index contributed by atoms with van der Waals surface area (Å²) < 4.78 is 5.05. The summed E-state index contributed by atoms with van der Waals surface area (Å²) in [6, 6.07) is 7.09. The first-order valence-electron chi connectivity index (χ1n) is 7.30. The molecule has 0 spiro atoms. The summed E-state index contributed by atoms with van der Waals surface area (Å²) in [7, 11) is 0. The van der Waals surface area contributed by atoms with Crippen molar-refractivity contribution in [2.24, 2.45) is 0 Å². The van der Waals surface area contributed by atoms with Crippen LogP contribution in [0.1, 0.15) is 37.2 Å². The van der Waals surface area contributed by atoms with Crippen LogP contribution in [0.25, 0.3) is 0 Å². The van der Waals surface area contributed by atoms with Crippen LogP contribution in [-0.4, -0.2) is 24.0 Å². The molecule has 0 atom stereocenters. The Hall–Kier alpha value is -2.30. The third-order valence-corrected chi connectivity index (χ3v) is 3.09. The molecular weight excluding hydrogens is 266 g/mol. The minimum atomic E-state index is -0.292. The van der Waals surface area contributed by atoms with Crippen LogP contribution >= 0.6 is 0 Å². The minimum Gasteiger partial charge on any atom is -0.459 e. The van der Waals surface area contributed by atoms with Crippen LogP contribution < -0.4 is 10.2 Å². The van der Waals surface area contributed by atoms with Gasteiger partial charge in [-0.1, -0.05) is 13.8 Å². The molecule has 1 N–H and O–H groups in total. The Labute approximate surface area is 125 Å². The van der Waals surface area contributed by atoms with Gasteiger partial charge in [-0.3, -0.25) is 4.79 Å². The number of aromatic nitrogens is 1. The van der Waals surface area contributed by atoms with Gasteiger partial charge in [-0.05, 0) is 37.1 Å². The average Bonchev–Trinajstić information content (AvgIpc) is 3.02. The van der Waals surface area contributed by atoms with E-state index in [1.54, 1.807) is 18.3 Å². The Morgan fingerprint density at radius 3 is 2.52 bits per heavy atom. The number of hydrogen-bond acceptors (Lipinski definition) is 4. The molecule has 0 aliphatic rings. The molecule has 1 amide bonds. The lowest BCUT2D eigenvalue weighted by Crippen LogP contribution is -2.25. The van der Waals surface area contributed by atoms with E-state index in [1.807, 2.05) is 12.1 Å². The molecule has 2 rings (SSSR count). The van der Waals surface area contributed by atoms with Crippen LogP contribution in [0.4, 0.5) is 11.5 Å². The van der Waals surface area contributed by atoms with Crippen LogP contribution in [0, 0.1) is 0 Å². The van der Waals surface area contributed by atoms with E-state index in [0.29, 0.717) is 5.82 Å². The van der Waals surface area contributed by atoms with Gasteiger partial charge in [0.25, 0.3) is 5.91 Å². The van der Waals surface area contributed by atoms with Gasteiger partial charge in [-0.15, -0.1) is 0 Å². The normalized spacial score (nSPS) is 10.4. The molecule has 0 saturated carbocycles. The van der Waals surface area contributed by atoms with Crippen molar-refractivity contribution in [2.75, 3.05) is 23.3 Å². The van der Waals surface area contributed by atoms with Crippen molar-refractivity contribution < 1.29 is 9.21 Å².